The van der Waals surface area contributed by atoms with Gasteiger partial charge in [-0.3, -0.25) is 14.5 Å². The van der Waals surface area contributed by atoms with Gasteiger partial charge in [0.1, 0.15) is 5.70 Å². The topological polar surface area (TPSA) is 59.1 Å². The molecule has 0 bridgehead atoms. The third-order valence-electron chi connectivity index (χ3n) is 5.35. The Hall–Kier alpha value is -3.58. The number of para-hydroxylation sites is 1. The number of amides is 2. The molecule has 4 rings (SSSR count). The van der Waals surface area contributed by atoms with Crippen LogP contribution in [-0.4, -0.2) is 37.5 Å². The summed E-state index contributed by atoms with van der Waals surface area (Å²) >= 11 is 1.45. The molecule has 0 N–H and O–H groups in total. The molecule has 7 heteroatoms. The summed E-state index contributed by atoms with van der Waals surface area (Å²) in [5.41, 5.74) is 2.50. The minimum atomic E-state index is -0.307. The van der Waals surface area contributed by atoms with E-state index in [2.05, 4.69) is 0 Å². The van der Waals surface area contributed by atoms with E-state index in [0.29, 0.717) is 29.3 Å². The number of benzene rings is 2. The molecule has 164 valence electrons. The fourth-order valence-electron chi connectivity index (χ4n) is 3.84. The van der Waals surface area contributed by atoms with Gasteiger partial charge in [0.2, 0.25) is 0 Å². The van der Waals surface area contributed by atoms with E-state index in [1.807, 2.05) is 65.7 Å². The van der Waals surface area contributed by atoms with Crippen LogP contribution in [0.1, 0.15) is 17.4 Å². The quantitative estimate of drug-likeness (QED) is 0.473. The number of rotatable bonds is 8. The summed E-state index contributed by atoms with van der Waals surface area (Å²) in [6, 6.07) is 18.8. The summed E-state index contributed by atoms with van der Waals surface area (Å²) in [7, 11) is 3.12. The zero-order chi connectivity index (χ0) is 22.7. The van der Waals surface area contributed by atoms with Crippen LogP contribution >= 0.6 is 11.3 Å². The smallest absolute Gasteiger partial charge is 0.278 e. The molecule has 0 unspecified atom stereocenters. The van der Waals surface area contributed by atoms with Crippen molar-refractivity contribution in [1.29, 1.82) is 0 Å². The van der Waals surface area contributed by atoms with Crippen molar-refractivity contribution in [3.8, 4) is 11.5 Å². The summed E-state index contributed by atoms with van der Waals surface area (Å²) < 4.78 is 10.7. The zero-order valence-corrected chi connectivity index (χ0v) is 19.0. The van der Waals surface area contributed by atoms with Crippen LogP contribution in [0.3, 0.4) is 0 Å². The highest BCUT2D eigenvalue weighted by molar-refractivity contribution is 7.11. The van der Waals surface area contributed by atoms with E-state index in [1.165, 1.54) is 16.2 Å². The second kappa shape index (κ2) is 9.28. The molecule has 0 spiro atoms. The van der Waals surface area contributed by atoms with Gasteiger partial charge in [-0.05, 0) is 48.2 Å². The van der Waals surface area contributed by atoms with Crippen molar-refractivity contribution >= 4 is 34.4 Å². The number of anilines is 1. The molecule has 1 aliphatic heterocycles. The monoisotopic (exact) mass is 448 g/mol. The number of hydrogen-bond acceptors (Lipinski definition) is 6. The second-order valence-corrected chi connectivity index (χ2v) is 8.11. The first-order valence-electron chi connectivity index (χ1n) is 10.3. The van der Waals surface area contributed by atoms with Crippen LogP contribution in [0.15, 0.2) is 71.7 Å². The minimum absolute atomic E-state index is 0.142. The van der Waals surface area contributed by atoms with Gasteiger partial charge in [0, 0.05) is 17.1 Å². The molecule has 1 aliphatic rings. The number of nitrogens with zero attached hydrogens (tertiary/aromatic N) is 2. The Kier molecular flexibility index (Phi) is 6.28. The molecule has 0 saturated carbocycles. The van der Waals surface area contributed by atoms with Crippen molar-refractivity contribution in [3.05, 3.63) is 82.2 Å². The lowest BCUT2D eigenvalue weighted by atomic mass is 10.1. The van der Waals surface area contributed by atoms with Crippen molar-refractivity contribution in [3.63, 3.8) is 0 Å². The molecular weight excluding hydrogens is 424 g/mol. The molecule has 0 fully saturated rings. The Morgan fingerprint density at radius 1 is 0.906 bits per heavy atom. The van der Waals surface area contributed by atoms with Gasteiger partial charge < -0.3 is 14.4 Å². The maximum atomic E-state index is 13.6. The standard InChI is InChI=1S/C25H24N2O4S/c1-4-26(18-9-6-5-7-10-18)23-22(21-11-8-14-32-21)24(28)27(25(23)29)16-17-12-13-19(30-2)20(15-17)31-3/h5-15H,4,16H2,1-3H3. The summed E-state index contributed by atoms with van der Waals surface area (Å²) in [4.78, 5) is 31.2. The van der Waals surface area contributed by atoms with Gasteiger partial charge in [-0.1, -0.05) is 30.3 Å². The van der Waals surface area contributed by atoms with Crippen LogP contribution in [0.2, 0.25) is 0 Å². The van der Waals surface area contributed by atoms with Gasteiger partial charge in [-0.25, -0.2) is 0 Å². The van der Waals surface area contributed by atoms with Gasteiger partial charge in [0.05, 0.1) is 26.3 Å². The Morgan fingerprint density at radius 3 is 2.28 bits per heavy atom. The van der Waals surface area contributed by atoms with E-state index in [4.69, 9.17) is 9.47 Å². The molecule has 0 saturated heterocycles. The van der Waals surface area contributed by atoms with E-state index in [9.17, 15) is 9.59 Å². The highest BCUT2D eigenvalue weighted by Crippen LogP contribution is 2.37. The molecule has 0 aliphatic carbocycles. The van der Waals surface area contributed by atoms with E-state index >= 15 is 0 Å². The maximum Gasteiger partial charge on any atom is 0.278 e. The molecule has 2 aromatic carbocycles. The number of methoxy groups -OCH3 is 2. The van der Waals surface area contributed by atoms with Gasteiger partial charge in [-0.15, -0.1) is 11.3 Å². The third kappa shape index (κ3) is 3.87. The van der Waals surface area contributed by atoms with Crippen molar-refractivity contribution in [2.24, 2.45) is 0 Å². The molecule has 0 atom stereocenters. The molecule has 6 nitrogen and oxygen atoms in total. The zero-order valence-electron chi connectivity index (χ0n) is 18.2. The number of hydrogen-bond donors (Lipinski definition) is 0. The average molecular weight is 449 g/mol. The molecule has 2 amide bonds. The van der Waals surface area contributed by atoms with Crippen LogP contribution in [0.5, 0.6) is 11.5 Å². The highest BCUT2D eigenvalue weighted by Gasteiger charge is 2.42. The first-order chi connectivity index (χ1) is 15.6. The maximum absolute atomic E-state index is 13.6. The summed E-state index contributed by atoms with van der Waals surface area (Å²) in [5, 5.41) is 1.91. The molecule has 32 heavy (non-hydrogen) atoms. The average Bonchev–Trinajstić information content (AvgIpc) is 3.43. The Morgan fingerprint density at radius 2 is 1.66 bits per heavy atom. The number of carbonyl (C=O) groups is 2. The molecule has 0 radical (unpaired) electrons. The molecule has 3 aromatic rings. The number of ether oxygens (including phenoxy) is 2. The summed E-state index contributed by atoms with van der Waals surface area (Å²) in [6.07, 6.45) is 0. The Labute approximate surface area is 191 Å². The minimum Gasteiger partial charge on any atom is -0.493 e. The normalized spacial score (nSPS) is 13.7. The third-order valence-corrected chi connectivity index (χ3v) is 6.24. The van der Waals surface area contributed by atoms with Crippen LogP contribution in [0.25, 0.3) is 5.57 Å². The first kappa shape index (κ1) is 21.6. The summed E-state index contributed by atoms with van der Waals surface area (Å²) in [5.74, 6) is 0.542. The van der Waals surface area contributed by atoms with Gasteiger partial charge >= 0.3 is 0 Å². The number of imide groups is 1. The van der Waals surface area contributed by atoms with E-state index in [1.54, 1.807) is 26.4 Å². The van der Waals surface area contributed by atoms with Crippen LogP contribution in [-0.2, 0) is 16.1 Å². The fraction of sp³-hybridized carbons (Fsp3) is 0.200. The Bertz CT molecular complexity index is 1160. The van der Waals surface area contributed by atoms with E-state index in [-0.39, 0.29) is 18.4 Å². The van der Waals surface area contributed by atoms with Crippen LogP contribution in [0.4, 0.5) is 5.69 Å². The lowest BCUT2D eigenvalue weighted by molar-refractivity contribution is -0.137. The van der Waals surface area contributed by atoms with E-state index in [0.717, 1.165) is 16.1 Å². The largest absolute Gasteiger partial charge is 0.493 e. The van der Waals surface area contributed by atoms with E-state index < -0.39 is 0 Å². The van der Waals surface area contributed by atoms with Gasteiger partial charge in [0.25, 0.3) is 11.8 Å². The lowest BCUT2D eigenvalue weighted by Gasteiger charge is -2.24. The predicted octanol–water partition coefficient (Wildman–Crippen LogP) is 4.57. The molecule has 2 heterocycles. The fourth-order valence-corrected chi connectivity index (χ4v) is 4.60. The number of likely N-dealkylation sites (N-methyl/N-ethyl adjacent to an activating group) is 1. The lowest BCUT2D eigenvalue weighted by Crippen LogP contribution is -2.34. The number of carbonyl (C=O) groups excluding carboxylic acids is 2. The predicted molar refractivity (Wildman–Crippen MR) is 126 cm³/mol. The van der Waals surface area contributed by atoms with Gasteiger partial charge in [0.15, 0.2) is 11.5 Å². The Balaban J connectivity index is 1.75. The molecular formula is C25H24N2O4S. The van der Waals surface area contributed by atoms with Gasteiger partial charge in [-0.2, -0.15) is 0 Å². The van der Waals surface area contributed by atoms with Crippen molar-refractivity contribution < 1.29 is 19.1 Å². The van der Waals surface area contributed by atoms with Crippen LogP contribution in [0, 0.1) is 0 Å². The van der Waals surface area contributed by atoms with Crippen LogP contribution < -0.4 is 14.4 Å². The summed E-state index contributed by atoms with van der Waals surface area (Å²) in [6.45, 7) is 2.67. The highest BCUT2D eigenvalue weighted by atomic mass is 32.1. The van der Waals surface area contributed by atoms with Crippen molar-refractivity contribution in [2.45, 2.75) is 13.5 Å². The second-order valence-electron chi connectivity index (χ2n) is 7.17. The molecule has 1 aromatic heterocycles. The van der Waals surface area contributed by atoms with Crippen molar-refractivity contribution in [2.75, 3.05) is 25.7 Å². The SMILES string of the molecule is CCN(C1=C(c2cccs2)C(=O)N(Cc2ccc(OC)c(OC)c2)C1=O)c1ccccc1. The number of thiophene rings is 1. The first-order valence-corrected chi connectivity index (χ1v) is 11.1. The van der Waals surface area contributed by atoms with Crippen molar-refractivity contribution in [1.82, 2.24) is 4.90 Å².